The van der Waals surface area contributed by atoms with Crippen molar-refractivity contribution >= 4 is 5.91 Å². The molecule has 1 heterocycles. The van der Waals surface area contributed by atoms with Crippen LogP contribution in [-0.4, -0.2) is 21.5 Å². The lowest BCUT2D eigenvalue weighted by Crippen LogP contribution is -2.40. The van der Waals surface area contributed by atoms with Gasteiger partial charge in [0.2, 0.25) is 5.91 Å². The molecule has 1 fully saturated rings. The van der Waals surface area contributed by atoms with E-state index in [0.29, 0.717) is 5.56 Å². The molecule has 0 radical (unpaired) electrons. The number of amides is 1. The first-order valence-corrected chi connectivity index (χ1v) is 7.16. The van der Waals surface area contributed by atoms with E-state index >= 15 is 0 Å². The maximum absolute atomic E-state index is 12.0. The number of carbonyl (C=O) groups is 1. The molecule has 0 atom stereocenters. The molecule has 1 aromatic rings. The Kier molecular flexibility index (Phi) is 4.76. The van der Waals surface area contributed by atoms with Crippen LogP contribution in [0.2, 0.25) is 0 Å². The molecule has 2 N–H and O–H groups in total. The molecule has 0 saturated heterocycles. The fourth-order valence-electron chi connectivity index (χ4n) is 2.59. The van der Waals surface area contributed by atoms with Gasteiger partial charge in [0.05, 0.1) is 0 Å². The van der Waals surface area contributed by atoms with Gasteiger partial charge in [-0.1, -0.05) is 25.7 Å². The predicted molar refractivity (Wildman–Crippen MR) is 75.7 cm³/mol. The van der Waals surface area contributed by atoms with E-state index in [1.165, 1.54) is 23.6 Å². The van der Waals surface area contributed by atoms with Gasteiger partial charge < -0.3 is 5.32 Å². The van der Waals surface area contributed by atoms with Crippen molar-refractivity contribution in [2.75, 3.05) is 0 Å². The zero-order valence-corrected chi connectivity index (χ0v) is 11.8. The van der Waals surface area contributed by atoms with E-state index in [1.807, 2.05) is 0 Å². The van der Waals surface area contributed by atoms with Gasteiger partial charge in [0, 0.05) is 17.8 Å². The van der Waals surface area contributed by atoms with Gasteiger partial charge in [0.1, 0.15) is 6.54 Å². The Morgan fingerprint density at radius 1 is 1.30 bits per heavy atom. The number of nitrogens with one attached hydrogen (secondary N) is 2. The number of nitrogens with zero attached hydrogens (tertiary/aromatic N) is 1. The highest BCUT2D eigenvalue weighted by Gasteiger charge is 2.15. The number of rotatable bonds is 3. The van der Waals surface area contributed by atoms with E-state index in [1.54, 1.807) is 6.92 Å². The molecular formula is C14H21N3O3. The number of aromatic amines is 1. The summed E-state index contributed by atoms with van der Waals surface area (Å²) in [7, 11) is 0. The smallest absolute Gasteiger partial charge is 0.328 e. The Hall–Kier alpha value is -1.85. The van der Waals surface area contributed by atoms with Gasteiger partial charge in [-0.15, -0.1) is 0 Å². The first-order valence-electron chi connectivity index (χ1n) is 7.16. The molecule has 110 valence electrons. The van der Waals surface area contributed by atoms with Crippen LogP contribution in [0.3, 0.4) is 0 Å². The molecule has 1 aliphatic rings. The summed E-state index contributed by atoms with van der Waals surface area (Å²) >= 11 is 0. The number of hydrogen-bond acceptors (Lipinski definition) is 3. The molecule has 6 nitrogen and oxygen atoms in total. The number of carbonyl (C=O) groups excluding carboxylic acids is 1. The summed E-state index contributed by atoms with van der Waals surface area (Å²) in [6.07, 6.45) is 8.17. The summed E-state index contributed by atoms with van der Waals surface area (Å²) < 4.78 is 1.24. The van der Waals surface area contributed by atoms with E-state index in [9.17, 15) is 14.4 Å². The normalized spacial score (nSPS) is 16.6. The first kappa shape index (κ1) is 14.6. The summed E-state index contributed by atoms with van der Waals surface area (Å²) in [4.78, 5) is 37.0. The average molecular weight is 279 g/mol. The fourth-order valence-corrected chi connectivity index (χ4v) is 2.59. The van der Waals surface area contributed by atoms with Crippen molar-refractivity contribution in [2.24, 2.45) is 0 Å². The molecule has 1 aliphatic carbocycles. The number of hydrogen-bond donors (Lipinski definition) is 2. The second kappa shape index (κ2) is 6.54. The van der Waals surface area contributed by atoms with Gasteiger partial charge in [-0.05, 0) is 19.8 Å². The average Bonchev–Trinajstić information content (AvgIpc) is 2.64. The van der Waals surface area contributed by atoms with Gasteiger partial charge in [0.15, 0.2) is 0 Å². The third-order valence-corrected chi connectivity index (χ3v) is 3.72. The van der Waals surface area contributed by atoms with Crippen LogP contribution in [0, 0.1) is 6.92 Å². The Balaban J connectivity index is 1.99. The number of H-pyrrole nitrogens is 1. The highest BCUT2D eigenvalue weighted by Crippen LogP contribution is 2.17. The SMILES string of the molecule is Cc1cn(CC(=O)NC2CCCCCC2)c(=O)[nH]c1=O. The van der Waals surface area contributed by atoms with Gasteiger partial charge in [-0.3, -0.25) is 19.1 Å². The lowest BCUT2D eigenvalue weighted by molar-refractivity contribution is -0.122. The van der Waals surface area contributed by atoms with E-state index in [-0.39, 0.29) is 18.5 Å². The van der Waals surface area contributed by atoms with Crippen molar-refractivity contribution in [3.8, 4) is 0 Å². The Morgan fingerprint density at radius 2 is 1.95 bits per heavy atom. The summed E-state index contributed by atoms with van der Waals surface area (Å²) in [6, 6.07) is 0.213. The molecule has 1 aromatic heterocycles. The maximum Gasteiger partial charge on any atom is 0.328 e. The van der Waals surface area contributed by atoms with E-state index < -0.39 is 11.2 Å². The van der Waals surface area contributed by atoms with E-state index in [2.05, 4.69) is 10.3 Å². The topological polar surface area (TPSA) is 84.0 Å². The molecule has 0 unspecified atom stereocenters. The monoisotopic (exact) mass is 279 g/mol. The molecular weight excluding hydrogens is 258 g/mol. The zero-order chi connectivity index (χ0) is 14.5. The highest BCUT2D eigenvalue weighted by molar-refractivity contribution is 5.76. The third-order valence-electron chi connectivity index (χ3n) is 3.72. The van der Waals surface area contributed by atoms with Crippen molar-refractivity contribution in [2.45, 2.75) is 58.0 Å². The second-order valence-corrected chi connectivity index (χ2v) is 5.46. The lowest BCUT2D eigenvalue weighted by atomic mass is 10.1. The fraction of sp³-hybridized carbons (Fsp3) is 0.643. The van der Waals surface area contributed by atoms with Gasteiger partial charge in [-0.25, -0.2) is 4.79 Å². The van der Waals surface area contributed by atoms with Crippen LogP contribution in [0.5, 0.6) is 0 Å². The first-order chi connectivity index (χ1) is 9.56. The van der Waals surface area contributed by atoms with Crippen molar-refractivity contribution in [1.82, 2.24) is 14.9 Å². The summed E-state index contributed by atoms with van der Waals surface area (Å²) in [6.45, 7) is 1.56. The van der Waals surface area contributed by atoms with Crippen LogP contribution in [-0.2, 0) is 11.3 Å². The van der Waals surface area contributed by atoms with Crippen LogP contribution in [0.1, 0.15) is 44.1 Å². The summed E-state index contributed by atoms with van der Waals surface area (Å²) in [5, 5.41) is 2.98. The quantitative estimate of drug-likeness (QED) is 0.798. The maximum atomic E-state index is 12.0. The van der Waals surface area contributed by atoms with Crippen LogP contribution in [0.25, 0.3) is 0 Å². The predicted octanol–water partition coefficient (Wildman–Crippen LogP) is 0.684. The molecule has 1 saturated carbocycles. The minimum absolute atomic E-state index is 0.0487. The largest absolute Gasteiger partial charge is 0.352 e. The van der Waals surface area contributed by atoms with Gasteiger partial charge >= 0.3 is 5.69 Å². The standard InChI is InChI=1S/C14H21N3O3/c1-10-8-17(14(20)16-13(10)19)9-12(18)15-11-6-4-2-3-5-7-11/h8,11H,2-7,9H2,1H3,(H,15,18)(H,16,19,20). The summed E-state index contributed by atoms with van der Waals surface area (Å²) in [5.74, 6) is -0.176. The van der Waals surface area contributed by atoms with Crippen molar-refractivity contribution in [3.05, 3.63) is 32.6 Å². The highest BCUT2D eigenvalue weighted by atomic mass is 16.2. The Labute approximate surface area is 117 Å². The molecule has 0 aromatic carbocycles. The van der Waals surface area contributed by atoms with Crippen molar-refractivity contribution in [1.29, 1.82) is 0 Å². The van der Waals surface area contributed by atoms with Crippen LogP contribution < -0.4 is 16.6 Å². The van der Waals surface area contributed by atoms with Crippen molar-refractivity contribution in [3.63, 3.8) is 0 Å². The second-order valence-electron chi connectivity index (χ2n) is 5.46. The van der Waals surface area contributed by atoms with Crippen LogP contribution in [0.4, 0.5) is 0 Å². The Morgan fingerprint density at radius 3 is 2.60 bits per heavy atom. The van der Waals surface area contributed by atoms with Gasteiger partial charge in [0.25, 0.3) is 5.56 Å². The molecule has 1 amide bonds. The van der Waals surface area contributed by atoms with Gasteiger partial charge in [-0.2, -0.15) is 0 Å². The minimum Gasteiger partial charge on any atom is -0.352 e. The van der Waals surface area contributed by atoms with Crippen LogP contribution in [0.15, 0.2) is 15.8 Å². The minimum atomic E-state index is -0.545. The molecule has 0 aliphatic heterocycles. The van der Waals surface area contributed by atoms with E-state index in [4.69, 9.17) is 0 Å². The number of aryl methyl sites for hydroxylation is 1. The summed E-state index contributed by atoms with van der Waals surface area (Å²) in [5.41, 5.74) is -0.529. The molecule has 20 heavy (non-hydrogen) atoms. The molecule has 2 rings (SSSR count). The lowest BCUT2D eigenvalue weighted by Gasteiger charge is -2.16. The molecule has 0 bridgehead atoms. The van der Waals surface area contributed by atoms with Crippen molar-refractivity contribution < 1.29 is 4.79 Å². The third kappa shape index (κ3) is 3.82. The molecule has 6 heteroatoms. The Bertz CT molecular complexity index is 580. The van der Waals surface area contributed by atoms with Crippen LogP contribution >= 0.6 is 0 Å². The number of aromatic nitrogens is 2. The zero-order valence-electron chi connectivity index (χ0n) is 11.8. The molecule has 0 spiro atoms. The van der Waals surface area contributed by atoms with E-state index in [0.717, 1.165) is 25.7 Å².